The number of nitrogens with one attached hydrogen (secondary N) is 1. The highest BCUT2D eigenvalue weighted by Crippen LogP contribution is 2.18. The van der Waals surface area contributed by atoms with Crippen LogP contribution in [0.2, 0.25) is 0 Å². The van der Waals surface area contributed by atoms with Crippen LogP contribution < -0.4 is 5.32 Å². The fraction of sp³-hybridized carbons (Fsp3) is 0.200. The Morgan fingerprint density at radius 1 is 1.06 bits per heavy atom. The van der Waals surface area contributed by atoms with Gasteiger partial charge in [-0.25, -0.2) is 0 Å². The standard InChI is InChI=1S/C15H17NO/c1-11-5-3-6-13(12(11)2)10-16-14-7-4-8-15(17)9-14/h3-9,16-17H,10H2,1-2H3. The summed E-state index contributed by atoms with van der Waals surface area (Å²) in [4.78, 5) is 0. The average Bonchev–Trinajstić information content (AvgIpc) is 2.31. The Labute approximate surface area is 102 Å². The van der Waals surface area contributed by atoms with Crippen molar-refractivity contribution in [2.24, 2.45) is 0 Å². The summed E-state index contributed by atoms with van der Waals surface area (Å²) in [6, 6.07) is 13.5. The van der Waals surface area contributed by atoms with Gasteiger partial charge < -0.3 is 10.4 Å². The Morgan fingerprint density at radius 2 is 1.82 bits per heavy atom. The van der Waals surface area contributed by atoms with Crippen molar-refractivity contribution < 1.29 is 5.11 Å². The first kappa shape index (κ1) is 11.5. The maximum absolute atomic E-state index is 9.37. The molecule has 0 spiro atoms. The van der Waals surface area contributed by atoms with Gasteiger partial charge in [-0.1, -0.05) is 24.3 Å². The zero-order valence-corrected chi connectivity index (χ0v) is 10.2. The molecule has 0 amide bonds. The molecule has 0 saturated carbocycles. The van der Waals surface area contributed by atoms with Gasteiger partial charge in [0.25, 0.3) is 0 Å². The van der Waals surface area contributed by atoms with Crippen molar-refractivity contribution in [2.45, 2.75) is 20.4 Å². The molecule has 0 fully saturated rings. The smallest absolute Gasteiger partial charge is 0.117 e. The second-order valence-corrected chi connectivity index (χ2v) is 4.26. The molecular formula is C15H17NO. The monoisotopic (exact) mass is 227 g/mol. The van der Waals surface area contributed by atoms with Crippen LogP contribution in [0, 0.1) is 13.8 Å². The molecule has 0 radical (unpaired) electrons. The van der Waals surface area contributed by atoms with E-state index < -0.39 is 0 Å². The summed E-state index contributed by atoms with van der Waals surface area (Å²) in [5.74, 6) is 0.288. The molecule has 0 aromatic heterocycles. The van der Waals surface area contributed by atoms with Crippen molar-refractivity contribution in [1.82, 2.24) is 0 Å². The van der Waals surface area contributed by atoms with E-state index in [0.717, 1.165) is 12.2 Å². The Hall–Kier alpha value is -1.96. The van der Waals surface area contributed by atoms with Gasteiger partial charge in [0.15, 0.2) is 0 Å². The Balaban J connectivity index is 2.10. The largest absolute Gasteiger partial charge is 0.508 e. The number of phenolic OH excluding ortho intramolecular Hbond substituents is 1. The van der Waals surface area contributed by atoms with Crippen LogP contribution in [-0.4, -0.2) is 5.11 Å². The van der Waals surface area contributed by atoms with E-state index in [2.05, 4.69) is 37.4 Å². The SMILES string of the molecule is Cc1cccc(CNc2cccc(O)c2)c1C. The minimum absolute atomic E-state index is 0.288. The molecule has 2 aromatic rings. The minimum atomic E-state index is 0.288. The van der Waals surface area contributed by atoms with Gasteiger partial charge in [-0.15, -0.1) is 0 Å². The summed E-state index contributed by atoms with van der Waals surface area (Å²) < 4.78 is 0. The first-order chi connectivity index (χ1) is 8.16. The van der Waals surface area contributed by atoms with Gasteiger partial charge in [-0.3, -0.25) is 0 Å². The quantitative estimate of drug-likeness (QED) is 0.839. The van der Waals surface area contributed by atoms with E-state index in [4.69, 9.17) is 0 Å². The predicted octanol–water partition coefficient (Wildman–Crippen LogP) is 3.62. The van der Waals surface area contributed by atoms with Crippen LogP contribution in [0.4, 0.5) is 5.69 Å². The number of anilines is 1. The van der Waals surface area contributed by atoms with Crippen LogP contribution in [0.25, 0.3) is 0 Å². The maximum Gasteiger partial charge on any atom is 0.117 e. The lowest BCUT2D eigenvalue weighted by Gasteiger charge is -2.11. The predicted molar refractivity (Wildman–Crippen MR) is 71.3 cm³/mol. The number of hydrogen-bond donors (Lipinski definition) is 2. The van der Waals surface area contributed by atoms with Gasteiger partial charge in [0.2, 0.25) is 0 Å². The van der Waals surface area contributed by atoms with Crippen molar-refractivity contribution in [3.05, 3.63) is 59.2 Å². The van der Waals surface area contributed by atoms with E-state index in [1.54, 1.807) is 12.1 Å². The zero-order valence-electron chi connectivity index (χ0n) is 10.2. The van der Waals surface area contributed by atoms with Gasteiger partial charge in [0, 0.05) is 18.3 Å². The van der Waals surface area contributed by atoms with Crippen LogP contribution in [0.15, 0.2) is 42.5 Å². The molecule has 0 saturated heterocycles. The lowest BCUT2D eigenvalue weighted by Crippen LogP contribution is -2.01. The summed E-state index contributed by atoms with van der Waals surface area (Å²) >= 11 is 0. The first-order valence-electron chi connectivity index (χ1n) is 5.75. The van der Waals surface area contributed by atoms with E-state index in [1.165, 1.54) is 16.7 Å². The fourth-order valence-electron chi connectivity index (χ4n) is 1.82. The highest BCUT2D eigenvalue weighted by molar-refractivity contribution is 5.48. The summed E-state index contributed by atoms with van der Waals surface area (Å²) in [5, 5.41) is 12.7. The molecule has 0 atom stereocenters. The molecule has 0 aliphatic carbocycles. The van der Waals surface area contributed by atoms with E-state index in [-0.39, 0.29) is 5.75 Å². The summed E-state index contributed by atoms with van der Waals surface area (Å²) in [6.07, 6.45) is 0. The Bertz CT molecular complexity index is 520. The van der Waals surface area contributed by atoms with E-state index in [1.807, 2.05) is 12.1 Å². The van der Waals surface area contributed by atoms with Crippen molar-refractivity contribution in [1.29, 1.82) is 0 Å². The van der Waals surface area contributed by atoms with Crippen molar-refractivity contribution in [3.8, 4) is 5.75 Å². The summed E-state index contributed by atoms with van der Waals surface area (Å²) in [6.45, 7) is 5.03. The van der Waals surface area contributed by atoms with Gasteiger partial charge >= 0.3 is 0 Å². The molecule has 0 aliphatic heterocycles. The van der Waals surface area contributed by atoms with Crippen LogP contribution in [0.5, 0.6) is 5.75 Å². The van der Waals surface area contributed by atoms with Crippen LogP contribution in [0.3, 0.4) is 0 Å². The fourth-order valence-corrected chi connectivity index (χ4v) is 1.82. The number of phenols is 1. The normalized spacial score (nSPS) is 10.2. The molecule has 2 rings (SSSR count). The first-order valence-corrected chi connectivity index (χ1v) is 5.75. The van der Waals surface area contributed by atoms with Crippen molar-refractivity contribution >= 4 is 5.69 Å². The minimum Gasteiger partial charge on any atom is -0.508 e. The molecule has 17 heavy (non-hydrogen) atoms. The number of rotatable bonds is 3. The molecule has 0 bridgehead atoms. The molecule has 2 nitrogen and oxygen atoms in total. The van der Waals surface area contributed by atoms with Crippen molar-refractivity contribution in [3.63, 3.8) is 0 Å². The molecule has 0 unspecified atom stereocenters. The topological polar surface area (TPSA) is 32.3 Å². The van der Waals surface area contributed by atoms with Crippen LogP contribution in [0.1, 0.15) is 16.7 Å². The third kappa shape index (κ3) is 2.78. The highest BCUT2D eigenvalue weighted by Gasteiger charge is 2.00. The Kier molecular flexibility index (Phi) is 3.33. The van der Waals surface area contributed by atoms with E-state index in [0.29, 0.717) is 0 Å². The number of hydrogen-bond acceptors (Lipinski definition) is 2. The highest BCUT2D eigenvalue weighted by atomic mass is 16.3. The third-order valence-corrected chi connectivity index (χ3v) is 3.05. The number of aromatic hydroxyl groups is 1. The average molecular weight is 227 g/mol. The number of benzene rings is 2. The summed E-state index contributed by atoms with van der Waals surface area (Å²) in [5.41, 5.74) is 4.85. The van der Waals surface area contributed by atoms with Crippen LogP contribution >= 0.6 is 0 Å². The Morgan fingerprint density at radius 3 is 2.59 bits per heavy atom. The number of aryl methyl sites for hydroxylation is 1. The summed E-state index contributed by atoms with van der Waals surface area (Å²) in [7, 11) is 0. The molecule has 2 heteroatoms. The lowest BCUT2D eigenvalue weighted by molar-refractivity contribution is 0.475. The molecule has 0 aliphatic rings. The van der Waals surface area contributed by atoms with E-state index >= 15 is 0 Å². The van der Waals surface area contributed by atoms with Crippen molar-refractivity contribution in [2.75, 3.05) is 5.32 Å². The van der Waals surface area contributed by atoms with Gasteiger partial charge in [-0.05, 0) is 42.7 Å². The molecule has 2 aromatic carbocycles. The zero-order chi connectivity index (χ0) is 12.3. The van der Waals surface area contributed by atoms with Crippen LogP contribution in [-0.2, 0) is 6.54 Å². The van der Waals surface area contributed by atoms with Gasteiger partial charge in [-0.2, -0.15) is 0 Å². The lowest BCUT2D eigenvalue weighted by atomic mass is 10.0. The second kappa shape index (κ2) is 4.91. The molecule has 2 N–H and O–H groups in total. The van der Waals surface area contributed by atoms with Gasteiger partial charge in [0.1, 0.15) is 5.75 Å². The van der Waals surface area contributed by atoms with E-state index in [9.17, 15) is 5.11 Å². The molecule has 88 valence electrons. The third-order valence-electron chi connectivity index (χ3n) is 3.05. The molecule has 0 heterocycles. The van der Waals surface area contributed by atoms with Gasteiger partial charge in [0.05, 0.1) is 0 Å². The maximum atomic E-state index is 9.37. The molecular weight excluding hydrogens is 210 g/mol. The second-order valence-electron chi connectivity index (χ2n) is 4.26.